The molecule has 35 heavy (non-hydrogen) atoms. The fraction of sp³-hybridized carbons (Fsp3) is 0.286. The first kappa shape index (κ1) is 25.0. The summed E-state index contributed by atoms with van der Waals surface area (Å²) in [6.07, 6.45) is 1.54. The molecule has 1 fully saturated rings. The maximum Gasteiger partial charge on any atom is 0.291 e. The third kappa shape index (κ3) is 5.45. The molecular weight excluding hydrogens is 514 g/mol. The van der Waals surface area contributed by atoms with Crippen molar-refractivity contribution in [2.75, 3.05) is 30.2 Å². The summed E-state index contributed by atoms with van der Waals surface area (Å²) in [5.74, 6) is -0.324. The van der Waals surface area contributed by atoms with Crippen molar-refractivity contribution < 1.29 is 26.4 Å². The van der Waals surface area contributed by atoms with E-state index in [0.29, 0.717) is 30.0 Å². The maximum atomic E-state index is 13.0. The number of amides is 1. The van der Waals surface area contributed by atoms with Crippen LogP contribution in [0.4, 0.5) is 10.8 Å². The van der Waals surface area contributed by atoms with Crippen LogP contribution in [0, 0.1) is 6.92 Å². The molecule has 0 unspecified atom stereocenters. The summed E-state index contributed by atoms with van der Waals surface area (Å²) in [6.45, 7) is 2.67. The molecule has 11 nitrogen and oxygen atoms in total. The zero-order valence-corrected chi connectivity index (χ0v) is 21.3. The Balaban J connectivity index is 1.56. The lowest BCUT2D eigenvalue weighted by Crippen LogP contribution is -2.28. The topological polar surface area (TPSA) is 148 Å². The van der Waals surface area contributed by atoms with Gasteiger partial charge in [0, 0.05) is 18.7 Å². The first-order valence-electron chi connectivity index (χ1n) is 10.5. The Bertz CT molecular complexity index is 1460. The van der Waals surface area contributed by atoms with Crippen molar-refractivity contribution in [3.8, 4) is 5.75 Å². The molecule has 1 amide bonds. The summed E-state index contributed by atoms with van der Waals surface area (Å²) in [7, 11) is -6.69. The van der Waals surface area contributed by atoms with Gasteiger partial charge in [-0.05, 0) is 50.1 Å². The van der Waals surface area contributed by atoms with Gasteiger partial charge in [-0.1, -0.05) is 29.0 Å². The first-order valence-corrected chi connectivity index (χ1v) is 14.3. The highest BCUT2D eigenvalue weighted by Crippen LogP contribution is 2.32. The van der Waals surface area contributed by atoms with Crippen molar-refractivity contribution >= 4 is 48.1 Å². The molecule has 1 saturated heterocycles. The number of anilines is 2. The summed E-state index contributed by atoms with van der Waals surface area (Å²) in [6, 6.07) is 10.9. The number of nitrogens with zero attached hydrogens (tertiary/aromatic N) is 3. The lowest BCUT2D eigenvalue weighted by atomic mass is 10.1. The second-order valence-electron chi connectivity index (χ2n) is 7.78. The van der Waals surface area contributed by atoms with Gasteiger partial charge in [-0.2, -0.15) is 12.7 Å². The highest BCUT2D eigenvalue weighted by atomic mass is 32.2. The fourth-order valence-corrected chi connectivity index (χ4v) is 7.02. The predicted molar refractivity (Wildman–Crippen MR) is 131 cm³/mol. The van der Waals surface area contributed by atoms with E-state index >= 15 is 0 Å². The van der Waals surface area contributed by atoms with E-state index in [1.165, 1.54) is 29.6 Å². The Morgan fingerprint density at radius 1 is 1.06 bits per heavy atom. The van der Waals surface area contributed by atoms with Gasteiger partial charge in [0.05, 0.1) is 17.7 Å². The number of carbonyl (C=O) groups excluding carboxylic acids is 1. The molecule has 0 aliphatic carbocycles. The number of nitrogens with one attached hydrogen (secondary N) is 2. The predicted octanol–water partition coefficient (Wildman–Crippen LogP) is 2.69. The second kappa shape index (κ2) is 9.89. The summed E-state index contributed by atoms with van der Waals surface area (Å²) in [5, 5.41) is 9.94. The van der Waals surface area contributed by atoms with Gasteiger partial charge < -0.3 is 4.74 Å². The Kier molecular flexibility index (Phi) is 7.07. The van der Waals surface area contributed by atoms with Gasteiger partial charge in [0.25, 0.3) is 20.3 Å². The van der Waals surface area contributed by atoms with Gasteiger partial charge in [0.1, 0.15) is 5.75 Å². The minimum absolute atomic E-state index is 0.00536. The highest BCUT2D eigenvalue weighted by molar-refractivity contribution is 7.94. The maximum absolute atomic E-state index is 13.0. The number of hydrogen-bond donors (Lipinski definition) is 2. The van der Waals surface area contributed by atoms with Crippen LogP contribution in [0.5, 0.6) is 5.75 Å². The first-order chi connectivity index (χ1) is 16.6. The number of aryl methyl sites for hydroxylation is 1. The number of aromatic nitrogens is 2. The van der Waals surface area contributed by atoms with Crippen molar-refractivity contribution in [3.05, 3.63) is 53.6 Å². The standard InChI is InChI=1S/C21H23N5O6S3/c1-14-6-5-7-15(12-14)19(27)22-20-23-24-21(33-20)34(28,29)25-17-13-16(8-9-18(17)32-2)35(30,31)26-10-3-4-11-26/h5-9,12-13,25H,3-4,10-11H2,1-2H3,(H,22,23,27). The molecule has 0 saturated carbocycles. The van der Waals surface area contributed by atoms with Crippen LogP contribution in [0.1, 0.15) is 28.8 Å². The van der Waals surface area contributed by atoms with Crippen molar-refractivity contribution in [1.29, 1.82) is 0 Å². The number of carbonyl (C=O) groups is 1. The number of ether oxygens (including phenoxy) is 1. The molecule has 0 bridgehead atoms. The van der Waals surface area contributed by atoms with Gasteiger partial charge in [0.2, 0.25) is 15.2 Å². The summed E-state index contributed by atoms with van der Waals surface area (Å²) in [5.41, 5.74) is 1.22. The van der Waals surface area contributed by atoms with Crippen molar-refractivity contribution in [3.63, 3.8) is 0 Å². The summed E-state index contributed by atoms with van der Waals surface area (Å²) >= 11 is 0.658. The minimum atomic E-state index is -4.26. The minimum Gasteiger partial charge on any atom is -0.495 e. The molecule has 2 heterocycles. The molecule has 0 atom stereocenters. The van der Waals surface area contributed by atoms with E-state index in [1.54, 1.807) is 18.2 Å². The van der Waals surface area contributed by atoms with Crippen molar-refractivity contribution in [1.82, 2.24) is 14.5 Å². The zero-order chi connectivity index (χ0) is 25.2. The van der Waals surface area contributed by atoms with E-state index in [9.17, 15) is 21.6 Å². The third-order valence-corrected chi connectivity index (χ3v) is 9.72. The van der Waals surface area contributed by atoms with Crippen LogP contribution in [0.25, 0.3) is 0 Å². The molecule has 3 aromatic rings. The Hall–Kier alpha value is -3.07. The van der Waals surface area contributed by atoms with E-state index in [-0.39, 0.29) is 21.5 Å². The second-order valence-corrected chi connectivity index (χ2v) is 12.5. The monoisotopic (exact) mass is 537 g/mol. The van der Waals surface area contributed by atoms with E-state index in [4.69, 9.17) is 4.74 Å². The summed E-state index contributed by atoms with van der Waals surface area (Å²) in [4.78, 5) is 12.4. The molecule has 1 aliphatic rings. The highest BCUT2D eigenvalue weighted by Gasteiger charge is 2.29. The van der Waals surface area contributed by atoms with Crippen LogP contribution in [-0.4, -0.2) is 57.4 Å². The molecule has 0 radical (unpaired) electrons. The van der Waals surface area contributed by atoms with E-state index < -0.39 is 30.3 Å². The molecule has 4 rings (SSSR count). The molecule has 2 aromatic carbocycles. The van der Waals surface area contributed by atoms with Gasteiger partial charge >= 0.3 is 0 Å². The molecular formula is C21H23N5O6S3. The zero-order valence-electron chi connectivity index (χ0n) is 18.9. The normalized spacial score (nSPS) is 14.6. The van der Waals surface area contributed by atoms with Crippen LogP contribution >= 0.6 is 11.3 Å². The fourth-order valence-electron chi connectivity index (χ4n) is 3.52. The number of benzene rings is 2. The lowest BCUT2D eigenvalue weighted by molar-refractivity contribution is 0.102. The molecule has 1 aliphatic heterocycles. The van der Waals surface area contributed by atoms with Gasteiger partial charge in [-0.15, -0.1) is 10.2 Å². The molecule has 186 valence electrons. The Morgan fingerprint density at radius 2 is 1.80 bits per heavy atom. The average molecular weight is 538 g/mol. The Morgan fingerprint density at radius 3 is 2.49 bits per heavy atom. The van der Waals surface area contributed by atoms with Crippen LogP contribution in [0.3, 0.4) is 0 Å². The smallest absolute Gasteiger partial charge is 0.291 e. The third-order valence-electron chi connectivity index (χ3n) is 5.26. The van der Waals surface area contributed by atoms with Crippen LogP contribution in [-0.2, 0) is 20.0 Å². The van der Waals surface area contributed by atoms with Crippen LogP contribution < -0.4 is 14.8 Å². The van der Waals surface area contributed by atoms with Crippen molar-refractivity contribution in [2.45, 2.75) is 29.0 Å². The molecule has 0 spiro atoms. The van der Waals surface area contributed by atoms with Gasteiger partial charge in [0.15, 0.2) is 0 Å². The van der Waals surface area contributed by atoms with Crippen LogP contribution in [0.15, 0.2) is 51.7 Å². The number of methoxy groups -OCH3 is 1. The number of rotatable bonds is 8. The van der Waals surface area contributed by atoms with E-state index in [1.807, 2.05) is 13.0 Å². The van der Waals surface area contributed by atoms with Gasteiger partial charge in [-0.3, -0.25) is 14.8 Å². The number of hydrogen-bond acceptors (Lipinski definition) is 9. The van der Waals surface area contributed by atoms with Crippen LogP contribution in [0.2, 0.25) is 0 Å². The van der Waals surface area contributed by atoms with Gasteiger partial charge in [-0.25, -0.2) is 8.42 Å². The van der Waals surface area contributed by atoms with E-state index in [2.05, 4.69) is 20.2 Å². The number of sulfonamides is 2. The average Bonchev–Trinajstić information content (AvgIpc) is 3.52. The lowest BCUT2D eigenvalue weighted by Gasteiger charge is -2.17. The largest absolute Gasteiger partial charge is 0.495 e. The van der Waals surface area contributed by atoms with Crippen molar-refractivity contribution in [2.24, 2.45) is 0 Å². The quantitative estimate of drug-likeness (QED) is 0.417. The molecule has 2 N–H and O–H groups in total. The Labute approximate surface area is 207 Å². The summed E-state index contributed by atoms with van der Waals surface area (Å²) < 4.78 is 60.3. The molecule has 1 aromatic heterocycles. The van der Waals surface area contributed by atoms with E-state index in [0.717, 1.165) is 18.4 Å². The molecule has 14 heteroatoms. The SMILES string of the molecule is COc1ccc(S(=O)(=O)N2CCCC2)cc1NS(=O)(=O)c1nnc(NC(=O)c2cccc(C)c2)s1.